The number of aromatic nitrogens is 2. The topological polar surface area (TPSA) is 17.8 Å². The smallest absolute Gasteiger partial charge is 0.132 e. The summed E-state index contributed by atoms with van der Waals surface area (Å²) in [6, 6.07) is 6.57. The first-order valence-electron chi connectivity index (χ1n) is 4.55. The molecule has 2 nitrogen and oxygen atoms in total. The SMILES string of the molecule is Cn1cc(-c2ccccc2F)nc1CCl. The molecule has 0 aliphatic heterocycles. The van der Waals surface area contributed by atoms with E-state index in [9.17, 15) is 4.39 Å². The van der Waals surface area contributed by atoms with Crippen molar-refractivity contribution in [3.05, 3.63) is 42.1 Å². The van der Waals surface area contributed by atoms with Crippen molar-refractivity contribution in [2.75, 3.05) is 0 Å². The molecule has 15 heavy (non-hydrogen) atoms. The molecule has 0 amide bonds. The molecule has 0 spiro atoms. The van der Waals surface area contributed by atoms with E-state index in [-0.39, 0.29) is 5.82 Å². The fourth-order valence-corrected chi connectivity index (χ4v) is 1.68. The molecule has 0 N–H and O–H groups in total. The van der Waals surface area contributed by atoms with Crippen molar-refractivity contribution < 1.29 is 4.39 Å². The Labute approximate surface area is 92.3 Å². The number of nitrogens with zero attached hydrogens (tertiary/aromatic N) is 2. The molecule has 0 atom stereocenters. The predicted octanol–water partition coefficient (Wildman–Crippen LogP) is 2.97. The Morgan fingerprint density at radius 2 is 2.13 bits per heavy atom. The van der Waals surface area contributed by atoms with Crippen LogP contribution in [-0.4, -0.2) is 9.55 Å². The number of hydrogen-bond acceptors (Lipinski definition) is 1. The zero-order valence-electron chi connectivity index (χ0n) is 8.24. The van der Waals surface area contributed by atoms with E-state index in [0.717, 1.165) is 5.82 Å². The van der Waals surface area contributed by atoms with Gasteiger partial charge in [-0.15, -0.1) is 11.6 Å². The molecule has 78 valence electrons. The van der Waals surface area contributed by atoms with Gasteiger partial charge in [0.15, 0.2) is 0 Å². The maximum atomic E-state index is 13.4. The second-order valence-electron chi connectivity index (χ2n) is 3.27. The van der Waals surface area contributed by atoms with Gasteiger partial charge in [0.05, 0.1) is 11.6 Å². The van der Waals surface area contributed by atoms with Crippen molar-refractivity contribution in [3.63, 3.8) is 0 Å². The monoisotopic (exact) mass is 224 g/mol. The lowest BCUT2D eigenvalue weighted by Gasteiger charge is -1.96. The van der Waals surface area contributed by atoms with Gasteiger partial charge in [-0.1, -0.05) is 12.1 Å². The predicted molar refractivity (Wildman–Crippen MR) is 58.2 cm³/mol. The van der Waals surface area contributed by atoms with Crippen molar-refractivity contribution in [2.45, 2.75) is 5.88 Å². The Hall–Kier alpha value is -1.35. The van der Waals surface area contributed by atoms with Crippen LogP contribution in [0.3, 0.4) is 0 Å². The second-order valence-corrected chi connectivity index (χ2v) is 3.53. The van der Waals surface area contributed by atoms with Gasteiger partial charge in [0.2, 0.25) is 0 Å². The Balaban J connectivity index is 2.50. The number of benzene rings is 1. The highest BCUT2D eigenvalue weighted by Crippen LogP contribution is 2.21. The third kappa shape index (κ3) is 1.88. The molecule has 0 fully saturated rings. The Morgan fingerprint density at radius 3 is 2.73 bits per heavy atom. The number of aryl methyl sites for hydroxylation is 1. The van der Waals surface area contributed by atoms with Crippen LogP contribution in [0.5, 0.6) is 0 Å². The van der Waals surface area contributed by atoms with E-state index in [2.05, 4.69) is 4.98 Å². The Bertz CT molecular complexity index is 479. The van der Waals surface area contributed by atoms with Crippen LogP contribution in [-0.2, 0) is 12.9 Å². The minimum Gasteiger partial charge on any atom is -0.336 e. The lowest BCUT2D eigenvalue weighted by Crippen LogP contribution is -1.91. The fourth-order valence-electron chi connectivity index (χ4n) is 1.43. The van der Waals surface area contributed by atoms with Gasteiger partial charge < -0.3 is 4.57 Å². The van der Waals surface area contributed by atoms with Crippen LogP contribution >= 0.6 is 11.6 Å². The summed E-state index contributed by atoms with van der Waals surface area (Å²) in [5, 5.41) is 0. The highest BCUT2D eigenvalue weighted by atomic mass is 35.5. The first-order valence-corrected chi connectivity index (χ1v) is 5.09. The summed E-state index contributed by atoms with van der Waals surface area (Å²) in [4.78, 5) is 4.25. The largest absolute Gasteiger partial charge is 0.336 e. The summed E-state index contributed by atoms with van der Waals surface area (Å²) in [6.45, 7) is 0. The highest BCUT2D eigenvalue weighted by Gasteiger charge is 2.09. The summed E-state index contributed by atoms with van der Waals surface area (Å²) in [6.07, 6.45) is 1.77. The molecular weight excluding hydrogens is 215 g/mol. The zero-order valence-corrected chi connectivity index (χ0v) is 9.00. The van der Waals surface area contributed by atoms with Gasteiger partial charge in [0.25, 0.3) is 0 Å². The quantitative estimate of drug-likeness (QED) is 0.718. The lowest BCUT2D eigenvalue weighted by molar-refractivity contribution is 0.631. The highest BCUT2D eigenvalue weighted by molar-refractivity contribution is 6.16. The van der Waals surface area contributed by atoms with Crippen LogP contribution in [0.4, 0.5) is 4.39 Å². The van der Waals surface area contributed by atoms with Crippen LogP contribution < -0.4 is 0 Å². The molecule has 0 aliphatic carbocycles. The van der Waals surface area contributed by atoms with E-state index in [4.69, 9.17) is 11.6 Å². The van der Waals surface area contributed by atoms with Gasteiger partial charge in [-0.2, -0.15) is 0 Å². The molecule has 1 aromatic heterocycles. The van der Waals surface area contributed by atoms with Crippen molar-refractivity contribution in [2.24, 2.45) is 7.05 Å². The number of alkyl halides is 1. The average molecular weight is 225 g/mol. The van der Waals surface area contributed by atoms with E-state index in [1.807, 2.05) is 7.05 Å². The van der Waals surface area contributed by atoms with Crippen molar-refractivity contribution in [3.8, 4) is 11.3 Å². The molecular formula is C11H10ClFN2. The average Bonchev–Trinajstić information content (AvgIpc) is 2.60. The normalized spacial score (nSPS) is 10.6. The first-order chi connectivity index (χ1) is 7.22. The molecule has 0 saturated heterocycles. The molecule has 0 bridgehead atoms. The molecule has 4 heteroatoms. The summed E-state index contributed by atoms with van der Waals surface area (Å²) < 4.78 is 15.2. The zero-order chi connectivity index (χ0) is 10.8. The minimum atomic E-state index is -0.267. The lowest BCUT2D eigenvalue weighted by atomic mass is 10.1. The van der Waals surface area contributed by atoms with Gasteiger partial charge >= 0.3 is 0 Å². The van der Waals surface area contributed by atoms with Gasteiger partial charge in [0.1, 0.15) is 11.6 Å². The molecule has 0 unspecified atom stereocenters. The van der Waals surface area contributed by atoms with Crippen LogP contribution in [0.25, 0.3) is 11.3 Å². The molecule has 2 rings (SSSR count). The number of halogens is 2. The molecule has 1 aromatic carbocycles. The van der Waals surface area contributed by atoms with Crippen LogP contribution in [0.2, 0.25) is 0 Å². The maximum Gasteiger partial charge on any atom is 0.132 e. The first kappa shape index (κ1) is 10.2. The summed E-state index contributed by atoms with van der Waals surface area (Å²) in [7, 11) is 1.84. The van der Waals surface area contributed by atoms with Gasteiger partial charge in [-0.05, 0) is 12.1 Å². The Morgan fingerprint density at radius 1 is 1.40 bits per heavy atom. The minimum absolute atomic E-state index is 0.267. The summed E-state index contributed by atoms with van der Waals surface area (Å²) in [5.41, 5.74) is 1.12. The van der Waals surface area contributed by atoms with E-state index >= 15 is 0 Å². The molecule has 2 aromatic rings. The van der Waals surface area contributed by atoms with Gasteiger partial charge in [-0.25, -0.2) is 9.37 Å². The maximum absolute atomic E-state index is 13.4. The van der Waals surface area contributed by atoms with Crippen LogP contribution in [0, 0.1) is 5.82 Å². The molecule has 1 heterocycles. The number of imidazole rings is 1. The number of hydrogen-bond donors (Lipinski definition) is 0. The summed E-state index contributed by atoms with van der Waals surface area (Å²) in [5.74, 6) is 0.789. The van der Waals surface area contributed by atoms with E-state index in [1.165, 1.54) is 6.07 Å². The Kier molecular flexibility index (Phi) is 2.73. The third-order valence-electron chi connectivity index (χ3n) is 2.24. The fraction of sp³-hybridized carbons (Fsp3) is 0.182. The van der Waals surface area contributed by atoms with Crippen molar-refractivity contribution in [1.29, 1.82) is 0 Å². The van der Waals surface area contributed by atoms with E-state index in [1.54, 1.807) is 29.0 Å². The van der Waals surface area contributed by atoms with Gasteiger partial charge in [-0.3, -0.25) is 0 Å². The van der Waals surface area contributed by atoms with E-state index in [0.29, 0.717) is 17.1 Å². The van der Waals surface area contributed by atoms with Crippen molar-refractivity contribution >= 4 is 11.6 Å². The van der Waals surface area contributed by atoms with E-state index < -0.39 is 0 Å². The van der Waals surface area contributed by atoms with Crippen LogP contribution in [0.1, 0.15) is 5.82 Å². The third-order valence-corrected chi connectivity index (χ3v) is 2.48. The van der Waals surface area contributed by atoms with Crippen LogP contribution in [0.15, 0.2) is 30.5 Å². The van der Waals surface area contributed by atoms with Crippen molar-refractivity contribution in [1.82, 2.24) is 9.55 Å². The van der Waals surface area contributed by atoms with Gasteiger partial charge in [0, 0.05) is 18.8 Å². The molecule has 0 radical (unpaired) electrons. The molecule has 0 aliphatic rings. The summed E-state index contributed by atoms with van der Waals surface area (Å²) >= 11 is 5.70. The second kappa shape index (κ2) is 4.03. The molecule has 0 saturated carbocycles. The standard InChI is InChI=1S/C11H10ClFN2/c1-15-7-10(14-11(15)6-12)8-4-2-3-5-9(8)13/h2-5,7H,6H2,1H3. The number of rotatable bonds is 2.